The van der Waals surface area contributed by atoms with Gasteiger partial charge >= 0.3 is 0 Å². The van der Waals surface area contributed by atoms with Crippen molar-refractivity contribution < 1.29 is 8.83 Å². The van der Waals surface area contributed by atoms with E-state index in [1.165, 1.54) is 67.8 Å². The van der Waals surface area contributed by atoms with Crippen molar-refractivity contribution >= 4 is 90.5 Å². The number of benzene rings is 9. The maximum atomic E-state index is 7.16. The van der Waals surface area contributed by atoms with Crippen molar-refractivity contribution in [3.8, 4) is 11.1 Å². The van der Waals surface area contributed by atoms with Gasteiger partial charge in [-0.05, 0) is 111 Å². The normalized spacial score (nSPS) is 16.0. The van der Waals surface area contributed by atoms with Crippen LogP contribution < -0.4 is 21.1 Å². The van der Waals surface area contributed by atoms with Gasteiger partial charge in [0, 0.05) is 44.3 Å². The molecule has 1 aliphatic carbocycles. The molecule has 1 N–H and O–H groups in total. The van der Waals surface area contributed by atoms with Crippen molar-refractivity contribution in [2.45, 2.75) is 56.8 Å². The van der Waals surface area contributed by atoms with Crippen LogP contribution in [0.3, 0.4) is 0 Å². The minimum Gasteiger partial charge on any atom is -0.456 e. The topological polar surface area (TPSA) is 41.6 Å². The van der Waals surface area contributed by atoms with E-state index in [1.807, 2.05) is 0 Å². The molecule has 0 amide bonds. The van der Waals surface area contributed by atoms with Crippen LogP contribution in [0.4, 0.5) is 28.4 Å². The predicted octanol–water partition coefficient (Wildman–Crippen LogP) is 15.1. The number of fused-ring (bicyclic) bond motifs is 11. The highest BCUT2D eigenvalue weighted by Gasteiger charge is 2.49. The van der Waals surface area contributed by atoms with Gasteiger partial charge in [0.1, 0.15) is 22.3 Å². The molecular formula is C63H49BN2O2. The van der Waals surface area contributed by atoms with Crippen LogP contribution in [0.1, 0.15) is 73.9 Å². The van der Waals surface area contributed by atoms with Gasteiger partial charge in [-0.1, -0.05) is 173 Å². The Labute approximate surface area is 397 Å². The van der Waals surface area contributed by atoms with Crippen LogP contribution in [-0.4, -0.2) is 7.28 Å². The molecule has 0 bridgehead atoms. The van der Waals surface area contributed by atoms with Crippen LogP contribution in [0.25, 0.3) is 55.0 Å². The summed E-state index contributed by atoms with van der Waals surface area (Å²) in [7, 11) is 0.713. The number of nitrogens with zero attached hydrogens (tertiary/aromatic N) is 1. The summed E-state index contributed by atoms with van der Waals surface area (Å²) >= 11 is 0. The molecule has 9 aromatic carbocycles. The summed E-state index contributed by atoms with van der Waals surface area (Å²) in [6.45, 7) is 9.60. The summed E-state index contributed by atoms with van der Waals surface area (Å²) in [5, 5.41) is 8.46. The lowest BCUT2D eigenvalue weighted by Gasteiger charge is -2.49. The molecular weight excluding hydrogens is 828 g/mol. The molecule has 68 heavy (non-hydrogen) atoms. The summed E-state index contributed by atoms with van der Waals surface area (Å²) < 4.78 is 13.8. The number of hydrogen-bond acceptors (Lipinski definition) is 4. The first kappa shape index (κ1) is 39.4. The van der Waals surface area contributed by atoms with Crippen molar-refractivity contribution in [3.63, 3.8) is 0 Å². The Kier molecular flexibility index (Phi) is 8.19. The fourth-order valence-corrected chi connectivity index (χ4v) is 12.7. The zero-order chi connectivity index (χ0) is 45.5. The third kappa shape index (κ3) is 5.39. The molecule has 0 unspecified atom stereocenters. The SMILES string of the molecule is CC1(C)CCC(C)(C)c2cc(Nc3c(-c4c5c(cc6c4oc4ccccc46)N4c6ccccc6C(c6ccccc6)(c6ccccc6)c6cccc(c64)B5)ccc4oc5ccccc5c34)ccc21. The Hall–Kier alpha value is -7.76. The summed E-state index contributed by atoms with van der Waals surface area (Å²) in [5.41, 5.74) is 21.3. The fraction of sp³-hybridized carbons (Fsp3) is 0.143. The molecule has 0 saturated heterocycles. The molecule has 5 heteroatoms. The minimum atomic E-state index is -0.559. The van der Waals surface area contributed by atoms with Gasteiger partial charge in [0.25, 0.3) is 0 Å². The second kappa shape index (κ2) is 14.1. The third-order valence-corrected chi connectivity index (χ3v) is 16.0. The van der Waals surface area contributed by atoms with Crippen molar-refractivity contribution in [2.75, 3.05) is 10.2 Å². The summed E-state index contributed by atoms with van der Waals surface area (Å²) in [6, 6.07) is 69.3. The highest BCUT2D eigenvalue weighted by atomic mass is 16.3. The molecule has 0 spiro atoms. The van der Waals surface area contributed by atoms with Crippen LogP contribution in [0, 0.1) is 0 Å². The molecule has 0 saturated carbocycles. The largest absolute Gasteiger partial charge is 0.456 e. The molecule has 2 aromatic heterocycles. The molecule has 4 heterocycles. The van der Waals surface area contributed by atoms with E-state index in [0.29, 0.717) is 7.28 Å². The van der Waals surface area contributed by atoms with Crippen molar-refractivity contribution in [3.05, 3.63) is 221 Å². The van der Waals surface area contributed by atoms with Gasteiger partial charge in [0.2, 0.25) is 0 Å². The maximum absolute atomic E-state index is 7.16. The maximum Gasteiger partial charge on any atom is 0.198 e. The van der Waals surface area contributed by atoms with Gasteiger partial charge in [-0.15, -0.1) is 0 Å². The lowest BCUT2D eigenvalue weighted by molar-refractivity contribution is 0.332. The van der Waals surface area contributed by atoms with Gasteiger partial charge in [0.05, 0.1) is 22.2 Å². The standard InChI is InChI=1S/C63H49BN2O2/c1-61(2)34-35-62(3,4)48-36-40(30-32-45(48)61)65-58-43(31-33-54-55(58)42-23-12-16-29-53(42)67-54)56-57-51(37-44-41-22-11-15-28-52(41)68-60(44)56)66-50-27-14-13-24-46(50)63(38-18-7-5-8-19-38,39-20-9-6-10-21-39)47-25-17-26-49(64-57)59(47)66/h5-33,36-37,64-65H,34-35H2,1-4H3. The molecule has 14 rings (SSSR count). The average Bonchev–Trinajstić information content (AvgIpc) is 3.94. The first-order valence-corrected chi connectivity index (χ1v) is 24.2. The first-order valence-electron chi connectivity index (χ1n) is 24.2. The van der Waals surface area contributed by atoms with Crippen molar-refractivity contribution in [1.82, 2.24) is 0 Å². The van der Waals surface area contributed by atoms with Gasteiger partial charge in [-0.25, -0.2) is 0 Å². The number of anilines is 5. The minimum absolute atomic E-state index is 0.0499. The van der Waals surface area contributed by atoms with E-state index in [4.69, 9.17) is 8.83 Å². The Bertz CT molecular complexity index is 3840. The van der Waals surface area contributed by atoms with E-state index >= 15 is 0 Å². The Morgan fingerprint density at radius 3 is 1.91 bits per heavy atom. The summed E-state index contributed by atoms with van der Waals surface area (Å²) in [5.74, 6) is 0. The third-order valence-electron chi connectivity index (χ3n) is 16.0. The van der Waals surface area contributed by atoms with Gasteiger partial charge in [-0.2, -0.15) is 0 Å². The smallest absolute Gasteiger partial charge is 0.198 e. The summed E-state index contributed by atoms with van der Waals surface area (Å²) in [6.07, 6.45) is 2.31. The Balaban J connectivity index is 1.08. The van der Waals surface area contributed by atoms with E-state index in [2.05, 4.69) is 226 Å². The number of rotatable bonds is 5. The molecule has 4 nitrogen and oxygen atoms in total. The van der Waals surface area contributed by atoms with E-state index in [9.17, 15) is 0 Å². The van der Waals surface area contributed by atoms with E-state index in [0.717, 1.165) is 72.8 Å². The Morgan fingerprint density at radius 2 is 1.15 bits per heavy atom. The molecule has 0 atom stereocenters. The fourth-order valence-electron chi connectivity index (χ4n) is 12.7. The van der Waals surface area contributed by atoms with Crippen LogP contribution in [0.5, 0.6) is 0 Å². The second-order valence-corrected chi connectivity index (χ2v) is 20.7. The lowest BCUT2D eigenvalue weighted by Crippen LogP contribution is -2.47. The second-order valence-electron chi connectivity index (χ2n) is 20.7. The number of nitrogens with one attached hydrogen (secondary N) is 1. The first-order chi connectivity index (χ1) is 33.2. The highest BCUT2D eigenvalue weighted by molar-refractivity contribution is 6.74. The predicted molar refractivity (Wildman–Crippen MR) is 284 cm³/mol. The van der Waals surface area contributed by atoms with E-state index < -0.39 is 5.41 Å². The lowest BCUT2D eigenvalue weighted by atomic mass is 9.54. The van der Waals surface area contributed by atoms with Crippen molar-refractivity contribution in [1.29, 1.82) is 0 Å². The van der Waals surface area contributed by atoms with Gasteiger partial charge < -0.3 is 19.1 Å². The quantitative estimate of drug-likeness (QED) is 0.175. The molecule has 11 aromatic rings. The van der Waals surface area contributed by atoms with Crippen molar-refractivity contribution in [2.24, 2.45) is 0 Å². The molecule has 3 aliphatic rings. The van der Waals surface area contributed by atoms with E-state index in [1.54, 1.807) is 0 Å². The molecule has 326 valence electrons. The molecule has 0 fully saturated rings. The number of furan rings is 2. The molecule has 2 aliphatic heterocycles. The van der Waals surface area contributed by atoms with Crippen LogP contribution in [0.15, 0.2) is 197 Å². The number of para-hydroxylation sites is 4. The van der Waals surface area contributed by atoms with Crippen LogP contribution in [0.2, 0.25) is 0 Å². The van der Waals surface area contributed by atoms with Gasteiger partial charge in [-0.3, -0.25) is 0 Å². The van der Waals surface area contributed by atoms with Crippen LogP contribution in [-0.2, 0) is 16.2 Å². The van der Waals surface area contributed by atoms with E-state index in [-0.39, 0.29) is 10.8 Å². The zero-order valence-electron chi connectivity index (χ0n) is 38.8. The monoisotopic (exact) mass is 876 g/mol. The van der Waals surface area contributed by atoms with Gasteiger partial charge in [0.15, 0.2) is 7.28 Å². The Morgan fingerprint density at radius 1 is 0.500 bits per heavy atom. The highest BCUT2D eigenvalue weighted by Crippen LogP contribution is 2.59. The summed E-state index contributed by atoms with van der Waals surface area (Å²) in [4.78, 5) is 2.58. The zero-order valence-corrected chi connectivity index (χ0v) is 38.8. The van der Waals surface area contributed by atoms with Crippen LogP contribution >= 0.6 is 0 Å². The molecule has 0 radical (unpaired) electrons. The number of hydrogen-bond donors (Lipinski definition) is 1. The average molecular weight is 877 g/mol.